The first-order valence-corrected chi connectivity index (χ1v) is 22.2. The number of fused-ring (bicyclic) bond motifs is 4. The third-order valence-corrected chi connectivity index (χ3v) is 21.0. The molecule has 0 amide bonds. The fourth-order valence-corrected chi connectivity index (χ4v) is 12.1. The van der Waals surface area contributed by atoms with Crippen molar-refractivity contribution >= 4 is 59.2 Å². The summed E-state index contributed by atoms with van der Waals surface area (Å²) in [6.07, 6.45) is 0. The van der Waals surface area contributed by atoms with Crippen molar-refractivity contribution in [3.63, 3.8) is 0 Å². The average molecular weight is 611 g/mol. The van der Waals surface area contributed by atoms with E-state index in [9.17, 15) is 0 Å². The molecule has 5 rings (SSSR count). The number of hydrogen-bond donors (Lipinski definition) is 0. The highest BCUT2D eigenvalue weighted by atomic mass is 28.3. The van der Waals surface area contributed by atoms with E-state index in [-0.39, 0.29) is 0 Å². The maximum Gasteiger partial charge on any atom is 0.138 e. The zero-order valence-electron chi connectivity index (χ0n) is 28.9. The van der Waals surface area contributed by atoms with E-state index in [1.807, 2.05) is 0 Å². The molecule has 0 saturated carbocycles. The molecule has 44 heavy (non-hydrogen) atoms. The van der Waals surface area contributed by atoms with Gasteiger partial charge >= 0.3 is 0 Å². The van der Waals surface area contributed by atoms with Crippen LogP contribution in [-0.2, 0) is 0 Å². The Balaban J connectivity index is 2.07. The minimum atomic E-state index is -1.67. The molecule has 0 aliphatic carbocycles. The second-order valence-corrected chi connectivity index (χ2v) is 23.0. The third-order valence-electron chi connectivity index (χ3n) is 11.6. The van der Waals surface area contributed by atoms with Crippen molar-refractivity contribution < 1.29 is 0 Å². The summed E-state index contributed by atoms with van der Waals surface area (Å²) >= 11 is 0. The highest BCUT2D eigenvalue weighted by molar-refractivity contribution is 6.87. The topological polar surface area (TPSA) is 0 Å². The van der Waals surface area contributed by atoms with Crippen LogP contribution in [0.15, 0.2) is 48.5 Å². The van der Waals surface area contributed by atoms with Crippen molar-refractivity contribution in [2.75, 3.05) is 0 Å². The van der Waals surface area contributed by atoms with Gasteiger partial charge in [-0.15, -0.1) is 11.1 Å². The van der Waals surface area contributed by atoms with Crippen molar-refractivity contribution in [3.05, 3.63) is 81.9 Å². The van der Waals surface area contributed by atoms with Crippen molar-refractivity contribution in [3.8, 4) is 22.9 Å². The Hall–Kier alpha value is -3.31. The van der Waals surface area contributed by atoms with Crippen molar-refractivity contribution in [1.82, 2.24) is 0 Å². The van der Waals surface area contributed by atoms with Gasteiger partial charge in [-0.25, -0.2) is 0 Å². The second-order valence-electron chi connectivity index (χ2n) is 13.1. The zero-order chi connectivity index (χ0) is 31.8. The largest absolute Gasteiger partial charge is 0.138 e. The van der Waals surface area contributed by atoms with E-state index >= 15 is 0 Å². The lowest BCUT2D eigenvalue weighted by Crippen LogP contribution is -2.29. The van der Waals surface area contributed by atoms with Crippen LogP contribution in [-0.4, -0.2) is 16.1 Å². The van der Waals surface area contributed by atoms with Gasteiger partial charge in [0.2, 0.25) is 0 Å². The molecule has 0 unspecified atom stereocenters. The summed E-state index contributed by atoms with van der Waals surface area (Å²) in [7, 11) is -3.34. The van der Waals surface area contributed by atoms with Crippen LogP contribution in [0.25, 0.3) is 43.1 Å². The van der Waals surface area contributed by atoms with E-state index in [0.29, 0.717) is 0 Å². The molecule has 0 radical (unpaired) electrons. The summed E-state index contributed by atoms with van der Waals surface area (Å²) in [5.74, 6) is 7.84. The molecular formula is C42H50Si2. The fraction of sp³-hybridized carbons (Fsp3) is 0.381. The van der Waals surface area contributed by atoms with E-state index in [1.165, 1.54) is 113 Å². The summed E-state index contributed by atoms with van der Waals surface area (Å²) in [5.41, 5.74) is 15.9. The van der Waals surface area contributed by atoms with Gasteiger partial charge in [-0.2, -0.15) is 0 Å². The minimum Gasteiger partial charge on any atom is -0.126 e. The molecule has 0 saturated heterocycles. The van der Waals surface area contributed by atoms with Gasteiger partial charge in [-0.05, 0) is 154 Å². The van der Waals surface area contributed by atoms with E-state index in [4.69, 9.17) is 0 Å². The summed E-state index contributed by atoms with van der Waals surface area (Å²) in [6.45, 7) is 23.3. The smallest absolute Gasteiger partial charge is 0.126 e. The summed E-state index contributed by atoms with van der Waals surface area (Å²) < 4.78 is 0. The van der Waals surface area contributed by atoms with E-state index < -0.39 is 16.1 Å². The van der Waals surface area contributed by atoms with Crippen LogP contribution in [0.2, 0.25) is 36.3 Å². The monoisotopic (exact) mass is 610 g/mol. The first-order chi connectivity index (χ1) is 21.1. The van der Waals surface area contributed by atoms with Gasteiger partial charge in [0.05, 0.1) is 0 Å². The lowest BCUT2D eigenvalue weighted by atomic mass is 9.85. The molecule has 0 nitrogen and oxygen atoms in total. The normalized spacial score (nSPS) is 12.0. The van der Waals surface area contributed by atoms with Gasteiger partial charge in [0.25, 0.3) is 0 Å². The first-order valence-electron chi connectivity index (χ1n) is 17.0. The molecule has 0 spiro atoms. The van der Waals surface area contributed by atoms with Gasteiger partial charge in [0.15, 0.2) is 0 Å². The van der Waals surface area contributed by atoms with Crippen LogP contribution >= 0.6 is 0 Å². The predicted molar refractivity (Wildman–Crippen MR) is 204 cm³/mol. The molecule has 0 atom stereocenters. The summed E-state index contributed by atoms with van der Waals surface area (Å²) in [5, 5.41) is 10.3. The Labute approximate surface area is 268 Å². The molecule has 0 aliphatic heterocycles. The van der Waals surface area contributed by atoms with E-state index in [1.54, 1.807) is 0 Å². The second kappa shape index (κ2) is 12.6. The van der Waals surface area contributed by atoms with Crippen LogP contribution < -0.4 is 0 Å². The standard InChI is InChI=1S/C42H50Si2/c1-11-43(12-2,13-3)23-21-35-39-25-33-19-17-18-20-34(33)26-40(39)36(22-24-44(14-4,15-5)16-6)42-28-38-32(10)30(8)29(7)31(9)37(38)27-41(35)42/h17-20,25-28H,11-16H2,1-10H3. The van der Waals surface area contributed by atoms with Crippen molar-refractivity contribution in [2.24, 2.45) is 0 Å². The van der Waals surface area contributed by atoms with Gasteiger partial charge in [-0.1, -0.05) is 77.6 Å². The Morgan fingerprint density at radius 1 is 0.432 bits per heavy atom. The quantitative estimate of drug-likeness (QED) is 0.102. The van der Waals surface area contributed by atoms with Gasteiger partial charge < -0.3 is 0 Å². The lowest BCUT2D eigenvalue weighted by molar-refractivity contribution is 1.20. The lowest BCUT2D eigenvalue weighted by Gasteiger charge is -2.21. The Bertz CT molecular complexity index is 1870. The summed E-state index contributed by atoms with van der Waals surface area (Å²) in [4.78, 5) is 0. The molecule has 0 aromatic heterocycles. The van der Waals surface area contributed by atoms with Gasteiger partial charge in [0, 0.05) is 11.1 Å². The van der Waals surface area contributed by atoms with E-state index in [2.05, 4.69) is 141 Å². The van der Waals surface area contributed by atoms with Crippen LogP contribution in [0, 0.1) is 50.6 Å². The Kier molecular flexibility index (Phi) is 9.19. The highest BCUT2D eigenvalue weighted by Crippen LogP contribution is 2.40. The highest BCUT2D eigenvalue weighted by Gasteiger charge is 2.26. The molecule has 0 bridgehead atoms. The van der Waals surface area contributed by atoms with Crippen LogP contribution in [0.3, 0.4) is 0 Å². The molecule has 5 aromatic rings. The maximum atomic E-state index is 3.99. The van der Waals surface area contributed by atoms with E-state index in [0.717, 1.165) is 0 Å². The van der Waals surface area contributed by atoms with Crippen LogP contribution in [0.4, 0.5) is 0 Å². The molecule has 0 aliphatic rings. The molecule has 0 N–H and O–H groups in total. The first kappa shape index (κ1) is 32.1. The number of aryl methyl sites for hydroxylation is 2. The number of benzene rings is 5. The fourth-order valence-electron chi connectivity index (χ4n) is 7.23. The molecule has 0 heterocycles. The summed E-state index contributed by atoms with van der Waals surface area (Å²) in [6, 6.07) is 25.7. The minimum absolute atomic E-state index is 1.20. The number of hydrogen-bond acceptors (Lipinski definition) is 0. The third kappa shape index (κ3) is 5.32. The molecule has 226 valence electrons. The zero-order valence-corrected chi connectivity index (χ0v) is 30.9. The Morgan fingerprint density at radius 3 is 1.07 bits per heavy atom. The molecule has 0 fully saturated rings. The van der Waals surface area contributed by atoms with Crippen molar-refractivity contribution in [2.45, 2.75) is 106 Å². The van der Waals surface area contributed by atoms with Gasteiger partial charge in [0.1, 0.15) is 16.1 Å². The van der Waals surface area contributed by atoms with Crippen molar-refractivity contribution in [1.29, 1.82) is 0 Å². The molecule has 2 heteroatoms. The maximum absolute atomic E-state index is 3.99. The number of rotatable bonds is 6. The predicted octanol–water partition coefficient (Wildman–Crippen LogP) is 12.3. The average Bonchev–Trinajstić information content (AvgIpc) is 3.06. The SMILES string of the molecule is CC[Si](C#Cc1c2cc3ccccc3cc2c(C#C[Si](CC)(CC)CC)c2cc3c(C)c(C)c(C)c(C)c3cc12)(CC)CC. The Morgan fingerprint density at radius 2 is 0.750 bits per heavy atom. The molecule has 5 aromatic carbocycles. The van der Waals surface area contributed by atoms with Crippen LogP contribution in [0.5, 0.6) is 0 Å². The van der Waals surface area contributed by atoms with Crippen LogP contribution in [0.1, 0.15) is 74.9 Å². The molecular weight excluding hydrogens is 561 g/mol. The van der Waals surface area contributed by atoms with Gasteiger partial charge in [-0.3, -0.25) is 0 Å².